The van der Waals surface area contributed by atoms with Crippen LogP contribution in [-0.4, -0.2) is 21.5 Å². The number of nitrogens with zero attached hydrogens (tertiary/aromatic N) is 3. The van der Waals surface area contributed by atoms with Gasteiger partial charge in [-0.25, -0.2) is 4.39 Å². The van der Waals surface area contributed by atoms with Gasteiger partial charge in [-0.15, -0.1) is 5.10 Å². The Morgan fingerprint density at radius 3 is 2.61 bits per heavy atom. The van der Waals surface area contributed by atoms with Crippen molar-refractivity contribution in [2.75, 3.05) is 6.54 Å². The Bertz CT molecular complexity index is 492. The summed E-state index contributed by atoms with van der Waals surface area (Å²) < 4.78 is 14.6. The second-order valence-corrected chi connectivity index (χ2v) is 4.22. The molecule has 1 atom stereocenters. The fourth-order valence-corrected chi connectivity index (χ4v) is 2.00. The fourth-order valence-electron chi connectivity index (χ4n) is 2.00. The lowest BCUT2D eigenvalue weighted by atomic mass is 10.0. The number of aryl methyl sites for hydroxylation is 1. The molecule has 0 amide bonds. The summed E-state index contributed by atoms with van der Waals surface area (Å²) in [6, 6.07) is 6.73. The monoisotopic (exact) mass is 248 g/mol. The van der Waals surface area contributed by atoms with Crippen molar-refractivity contribution in [3.63, 3.8) is 0 Å². The van der Waals surface area contributed by atoms with Crippen LogP contribution in [0, 0.1) is 5.82 Å². The largest absolute Gasteiger partial charge is 0.309 e. The van der Waals surface area contributed by atoms with Crippen LogP contribution in [0.1, 0.15) is 24.2 Å². The highest BCUT2D eigenvalue weighted by atomic mass is 19.1. The van der Waals surface area contributed by atoms with Gasteiger partial charge in [0.05, 0.1) is 17.9 Å². The predicted molar refractivity (Wildman–Crippen MR) is 67.5 cm³/mol. The molecule has 1 aromatic heterocycles. The molecule has 1 N–H and O–H groups in total. The highest BCUT2D eigenvalue weighted by Gasteiger charge is 2.15. The standard InChI is InChI=1S/C13H17FN4/c1-3-15-12(13-9-16-17-18(13)2)8-10-4-6-11(14)7-5-10/h4-7,9,12,15H,3,8H2,1-2H3. The molecule has 1 unspecified atom stereocenters. The second kappa shape index (κ2) is 5.73. The summed E-state index contributed by atoms with van der Waals surface area (Å²) in [5.41, 5.74) is 2.12. The van der Waals surface area contributed by atoms with Gasteiger partial charge in [-0.3, -0.25) is 4.68 Å². The van der Waals surface area contributed by atoms with Crippen LogP contribution in [0.25, 0.3) is 0 Å². The molecule has 0 bridgehead atoms. The molecular weight excluding hydrogens is 231 g/mol. The van der Waals surface area contributed by atoms with Gasteiger partial charge >= 0.3 is 0 Å². The molecule has 18 heavy (non-hydrogen) atoms. The minimum absolute atomic E-state index is 0.139. The SMILES string of the molecule is CCNC(Cc1ccc(F)cc1)c1cnnn1C. The summed E-state index contributed by atoms with van der Waals surface area (Å²) in [6.45, 7) is 2.92. The first kappa shape index (κ1) is 12.7. The second-order valence-electron chi connectivity index (χ2n) is 4.22. The molecule has 5 heteroatoms. The van der Waals surface area contributed by atoms with Gasteiger partial charge in [0.2, 0.25) is 0 Å². The molecule has 0 aliphatic carbocycles. The average Bonchev–Trinajstić information content (AvgIpc) is 2.78. The maximum atomic E-state index is 12.9. The maximum Gasteiger partial charge on any atom is 0.123 e. The summed E-state index contributed by atoms with van der Waals surface area (Å²) in [7, 11) is 1.87. The Morgan fingerprint density at radius 1 is 1.33 bits per heavy atom. The first-order valence-electron chi connectivity index (χ1n) is 6.03. The van der Waals surface area contributed by atoms with Gasteiger partial charge < -0.3 is 5.32 Å². The number of aromatic nitrogens is 3. The van der Waals surface area contributed by atoms with E-state index in [0.29, 0.717) is 0 Å². The number of hydrogen-bond acceptors (Lipinski definition) is 3. The van der Waals surface area contributed by atoms with E-state index >= 15 is 0 Å². The smallest absolute Gasteiger partial charge is 0.123 e. The molecule has 2 aromatic rings. The Labute approximate surface area is 106 Å². The van der Waals surface area contributed by atoms with Crippen LogP contribution in [0.2, 0.25) is 0 Å². The zero-order chi connectivity index (χ0) is 13.0. The number of rotatable bonds is 5. The van der Waals surface area contributed by atoms with Crippen molar-refractivity contribution in [2.45, 2.75) is 19.4 Å². The molecule has 4 nitrogen and oxygen atoms in total. The normalized spacial score (nSPS) is 12.6. The third-order valence-corrected chi connectivity index (χ3v) is 2.91. The molecule has 96 valence electrons. The van der Waals surface area contributed by atoms with Crippen LogP contribution in [0.3, 0.4) is 0 Å². The van der Waals surface area contributed by atoms with Crippen LogP contribution in [-0.2, 0) is 13.5 Å². The molecule has 0 saturated heterocycles. The number of likely N-dealkylation sites (N-methyl/N-ethyl adjacent to an activating group) is 1. The van der Waals surface area contributed by atoms with Crippen LogP contribution >= 0.6 is 0 Å². The molecule has 2 rings (SSSR count). The lowest BCUT2D eigenvalue weighted by molar-refractivity contribution is 0.505. The minimum Gasteiger partial charge on any atom is -0.309 e. The highest BCUT2D eigenvalue weighted by molar-refractivity contribution is 5.19. The van der Waals surface area contributed by atoms with Gasteiger partial charge in [0.1, 0.15) is 5.82 Å². The molecule has 0 fully saturated rings. The van der Waals surface area contributed by atoms with Crippen LogP contribution in [0.5, 0.6) is 0 Å². The molecule has 0 aliphatic heterocycles. The molecular formula is C13H17FN4. The Balaban J connectivity index is 2.16. The van der Waals surface area contributed by atoms with E-state index < -0.39 is 0 Å². The van der Waals surface area contributed by atoms with Crippen molar-refractivity contribution in [3.8, 4) is 0 Å². The number of halogens is 1. The van der Waals surface area contributed by atoms with Gasteiger partial charge in [0.25, 0.3) is 0 Å². The Hall–Kier alpha value is -1.75. The number of hydrogen-bond donors (Lipinski definition) is 1. The molecule has 1 aromatic carbocycles. The summed E-state index contributed by atoms with van der Waals surface area (Å²) in [4.78, 5) is 0. The third kappa shape index (κ3) is 2.92. The van der Waals surface area contributed by atoms with E-state index in [9.17, 15) is 4.39 Å². The van der Waals surface area contributed by atoms with Crippen LogP contribution in [0.15, 0.2) is 30.5 Å². The molecule has 0 aliphatic rings. The Morgan fingerprint density at radius 2 is 2.06 bits per heavy atom. The topological polar surface area (TPSA) is 42.7 Å². The van der Waals surface area contributed by atoms with E-state index in [1.807, 2.05) is 19.2 Å². The van der Waals surface area contributed by atoms with Crippen molar-refractivity contribution < 1.29 is 4.39 Å². The number of benzene rings is 1. The van der Waals surface area contributed by atoms with Gasteiger partial charge in [-0.05, 0) is 30.7 Å². The predicted octanol–water partition coefficient (Wildman–Crippen LogP) is 1.85. The van der Waals surface area contributed by atoms with E-state index in [-0.39, 0.29) is 11.9 Å². The van der Waals surface area contributed by atoms with E-state index in [1.165, 1.54) is 12.1 Å². The quantitative estimate of drug-likeness (QED) is 0.878. The molecule has 0 radical (unpaired) electrons. The van der Waals surface area contributed by atoms with Gasteiger partial charge in [-0.1, -0.05) is 24.3 Å². The summed E-state index contributed by atoms with van der Waals surface area (Å²) in [5, 5.41) is 11.2. The molecule has 1 heterocycles. The fraction of sp³-hybridized carbons (Fsp3) is 0.385. The first-order valence-corrected chi connectivity index (χ1v) is 6.03. The lowest BCUT2D eigenvalue weighted by Gasteiger charge is -2.17. The minimum atomic E-state index is -0.207. The van der Waals surface area contributed by atoms with E-state index in [1.54, 1.807) is 10.9 Å². The third-order valence-electron chi connectivity index (χ3n) is 2.91. The van der Waals surface area contributed by atoms with Crippen molar-refractivity contribution in [1.82, 2.24) is 20.3 Å². The highest BCUT2D eigenvalue weighted by Crippen LogP contribution is 2.17. The van der Waals surface area contributed by atoms with Crippen molar-refractivity contribution >= 4 is 0 Å². The Kier molecular flexibility index (Phi) is 4.04. The zero-order valence-corrected chi connectivity index (χ0v) is 10.6. The van der Waals surface area contributed by atoms with E-state index in [4.69, 9.17) is 0 Å². The average molecular weight is 248 g/mol. The van der Waals surface area contributed by atoms with Crippen LogP contribution < -0.4 is 5.32 Å². The van der Waals surface area contributed by atoms with Crippen molar-refractivity contribution in [3.05, 3.63) is 47.5 Å². The van der Waals surface area contributed by atoms with Gasteiger partial charge in [0, 0.05) is 7.05 Å². The van der Waals surface area contributed by atoms with E-state index in [0.717, 1.165) is 24.2 Å². The first-order chi connectivity index (χ1) is 8.70. The molecule has 0 spiro atoms. The summed E-state index contributed by atoms with van der Waals surface area (Å²) in [6.07, 6.45) is 2.55. The van der Waals surface area contributed by atoms with Crippen molar-refractivity contribution in [2.24, 2.45) is 7.05 Å². The van der Waals surface area contributed by atoms with Gasteiger partial charge in [0.15, 0.2) is 0 Å². The maximum absolute atomic E-state index is 12.9. The van der Waals surface area contributed by atoms with Crippen molar-refractivity contribution in [1.29, 1.82) is 0 Å². The number of nitrogens with one attached hydrogen (secondary N) is 1. The van der Waals surface area contributed by atoms with Gasteiger partial charge in [-0.2, -0.15) is 0 Å². The molecule has 0 saturated carbocycles. The summed E-state index contributed by atoms with van der Waals surface area (Å²) in [5.74, 6) is -0.207. The zero-order valence-electron chi connectivity index (χ0n) is 10.6. The lowest BCUT2D eigenvalue weighted by Crippen LogP contribution is -2.25. The summed E-state index contributed by atoms with van der Waals surface area (Å²) >= 11 is 0. The van der Waals surface area contributed by atoms with Crippen LogP contribution in [0.4, 0.5) is 4.39 Å². The van der Waals surface area contributed by atoms with E-state index in [2.05, 4.69) is 22.6 Å².